The minimum absolute atomic E-state index is 0.583. The second-order valence-corrected chi connectivity index (χ2v) is 8.29. The van der Waals surface area contributed by atoms with E-state index < -0.39 is 0 Å². The molecule has 130 valence electrons. The molecule has 0 aliphatic carbocycles. The van der Waals surface area contributed by atoms with Gasteiger partial charge in [0, 0.05) is 63.5 Å². The van der Waals surface area contributed by atoms with Gasteiger partial charge in [-0.2, -0.15) is 10.4 Å². The van der Waals surface area contributed by atoms with E-state index in [1.165, 1.54) is 0 Å². The first-order valence-electron chi connectivity index (χ1n) is 7.67. The Morgan fingerprint density at radius 1 is 1.35 bits per heavy atom. The molecule has 0 saturated carbocycles. The summed E-state index contributed by atoms with van der Waals surface area (Å²) in [5, 5.41) is 15.8. The van der Waals surface area contributed by atoms with Crippen molar-refractivity contribution in [1.29, 1.82) is 5.26 Å². The first-order chi connectivity index (χ1) is 12.6. The van der Waals surface area contributed by atoms with Crippen molar-refractivity contribution >= 4 is 68.1 Å². The Labute approximate surface area is 174 Å². The van der Waals surface area contributed by atoms with E-state index >= 15 is 0 Å². The molecule has 5 nitrogen and oxygen atoms in total. The highest BCUT2D eigenvalue weighted by molar-refractivity contribution is 14.2. The van der Waals surface area contributed by atoms with Crippen LogP contribution in [0.5, 0.6) is 5.75 Å². The molecule has 0 amide bonds. The molecule has 0 aliphatic rings. The van der Waals surface area contributed by atoms with E-state index in [2.05, 4.69) is 58.3 Å². The van der Waals surface area contributed by atoms with Gasteiger partial charge < -0.3 is 4.74 Å². The predicted octanol–water partition coefficient (Wildman–Crippen LogP) is 5.53. The summed E-state index contributed by atoms with van der Waals surface area (Å²) in [6.07, 6.45) is 4.04. The lowest BCUT2D eigenvalue weighted by atomic mass is 10.1. The third-order valence-corrected chi connectivity index (χ3v) is 6.59. The fourth-order valence-electron chi connectivity index (χ4n) is 3.08. The van der Waals surface area contributed by atoms with Crippen molar-refractivity contribution in [2.24, 2.45) is 0 Å². The lowest BCUT2D eigenvalue weighted by molar-refractivity contribution is 0.408. The molecule has 4 aromatic rings. The highest BCUT2D eigenvalue weighted by Crippen LogP contribution is 2.38. The smallest absolute Gasteiger partial charge is 0.125 e. The maximum absolute atomic E-state index is 9.07. The molecule has 0 radical (unpaired) electrons. The van der Waals surface area contributed by atoms with Gasteiger partial charge in [-0.25, -0.2) is 0 Å². The number of fused-ring (bicyclic) bond motifs is 2. The van der Waals surface area contributed by atoms with Gasteiger partial charge in [-0.15, -0.1) is 0 Å². The SMILES string of the molecule is COc1cc(Br)c2c(ccn2SI)c1Cn1cc2ccc(C#N)cc2n1. The van der Waals surface area contributed by atoms with E-state index in [1.807, 2.05) is 41.3 Å². The number of benzene rings is 2. The molecule has 0 aliphatic heterocycles. The van der Waals surface area contributed by atoms with Crippen molar-refractivity contribution in [2.75, 3.05) is 7.11 Å². The number of aromatic nitrogens is 3. The van der Waals surface area contributed by atoms with Crippen molar-refractivity contribution in [1.82, 2.24) is 13.8 Å². The Balaban J connectivity index is 1.85. The Bertz CT molecular complexity index is 1180. The topological polar surface area (TPSA) is 55.8 Å². The van der Waals surface area contributed by atoms with Crippen LogP contribution < -0.4 is 4.74 Å². The Morgan fingerprint density at radius 2 is 2.19 bits per heavy atom. The van der Waals surface area contributed by atoms with Crippen molar-refractivity contribution in [2.45, 2.75) is 6.54 Å². The van der Waals surface area contributed by atoms with E-state index in [4.69, 9.17) is 10.00 Å². The van der Waals surface area contributed by atoms with Crippen LogP contribution in [0.25, 0.3) is 21.8 Å². The van der Waals surface area contributed by atoms with Gasteiger partial charge in [-0.05, 0) is 46.3 Å². The van der Waals surface area contributed by atoms with Crippen LogP contribution in [0.1, 0.15) is 11.1 Å². The van der Waals surface area contributed by atoms with Crippen LogP contribution in [-0.4, -0.2) is 20.9 Å². The highest BCUT2D eigenvalue weighted by Gasteiger charge is 2.16. The minimum Gasteiger partial charge on any atom is -0.496 e. The second-order valence-electron chi connectivity index (χ2n) is 5.72. The van der Waals surface area contributed by atoms with Crippen LogP contribution in [0, 0.1) is 11.3 Å². The Kier molecular flexibility index (Phi) is 4.86. The molecule has 2 aromatic carbocycles. The standard InChI is InChI=1S/C18H12BrIN4OS/c1-25-17-7-15(19)18-13(4-5-24(18)26-20)14(17)10-23-9-12-3-2-11(8-21)6-16(12)22-23/h2-7,9H,10H2,1H3. The summed E-state index contributed by atoms with van der Waals surface area (Å²) in [4.78, 5) is 0. The van der Waals surface area contributed by atoms with Crippen LogP contribution in [0.15, 0.2) is 47.2 Å². The van der Waals surface area contributed by atoms with Crippen molar-refractivity contribution in [3.8, 4) is 11.8 Å². The molecule has 2 heterocycles. The quantitative estimate of drug-likeness (QED) is 0.321. The van der Waals surface area contributed by atoms with Crippen molar-refractivity contribution in [3.05, 3.63) is 58.3 Å². The monoisotopic (exact) mass is 538 g/mol. The molecular formula is C18H12BrIN4OS. The zero-order valence-electron chi connectivity index (χ0n) is 13.6. The van der Waals surface area contributed by atoms with Crippen molar-refractivity contribution in [3.63, 3.8) is 0 Å². The zero-order chi connectivity index (χ0) is 18.3. The molecule has 0 unspecified atom stereocenters. The lowest BCUT2D eigenvalue weighted by Gasteiger charge is -2.12. The number of hydrogen-bond donors (Lipinski definition) is 0. The molecule has 8 heteroatoms. The summed E-state index contributed by atoms with van der Waals surface area (Å²) in [5.41, 5.74) is 3.62. The van der Waals surface area contributed by atoms with E-state index in [0.717, 1.165) is 37.6 Å². The van der Waals surface area contributed by atoms with Crippen LogP contribution in [0.3, 0.4) is 0 Å². The maximum Gasteiger partial charge on any atom is 0.125 e. The van der Waals surface area contributed by atoms with E-state index in [9.17, 15) is 0 Å². The Morgan fingerprint density at radius 3 is 2.92 bits per heavy atom. The fourth-order valence-corrected chi connectivity index (χ4v) is 5.16. The number of hydrogen-bond acceptors (Lipinski definition) is 4. The molecule has 0 fully saturated rings. The van der Waals surface area contributed by atoms with Gasteiger partial charge in [0.2, 0.25) is 0 Å². The number of rotatable bonds is 4. The number of nitriles is 1. The normalized spacial score (nSPS) is 11.2. The highest BCUT2D eigenvalue weighted by atomic mass is 127. The molecule has 26 heavy (non-hydrogen) atoms. The Hall–Kier alpha value is -1.70. The first kappa shape index (κ1) is 17.7. The number of nitrogens with zero attached hydrogens (tertiary/aromatic N) is 4. The molecule has 4 rings (SSSR count). The summed E-state index contributed by atoms with van der Waals surface area (Å²) in [6.45, 7) is 0.583. The van der Waals surface area contributed by atoms with Crippen LogP contribution in [0.2, 0.25) is 0 Å². The lowest BCUT2D eigenvalue weighted by Crippen LogP contribution is -2.03. The van der Waals surface area contributed by atoms with Gasteiger partial charge in [0.05, 0.1) is 36.3 Å². The summed E-state index contributed by atoms with van der Waals surface area (Å²) in [7, 11) is 3.30. The van der Waals surface area contributed by atoms with E-state index in [0.29, 0.717) is 12.1 Å². The molecule has 0 bridgehead atoms. The molecule has 0 atom stereocenters. The van der Waals surface area contributed by atoms with Gasteiger partial charge in [-0.3, -0.25) is 8.65 Å². The van der Waals surface area contributed by atoms with E-state index in [1.54, 1.807) is 16.2 Å². The number of ether oxygens (including phenoxy) is 1. The number of halogens is 2. The largest absolute Gasteiger partial charge is 0.496 e. The van der Waals surface area contributed by atoms with Gasteiger partial charge in [0.1, 0.15) is 5.75 Å². The van der Waals surface area contributed by atoms with E-state index in [-0.39, 0.29) is 0 Å². The third kappa shape index (κ3) is 2.98. The fraction of sp³-hybridized carbons (Fsp3) is 0.111. The predicted molar refractivity (Wildman–Crippen MR) is 117 cm³/mol. The van der Waals surface area contributed by atoms with Gasteiger partial charge in [0.25, 0.3) is 0 Å². The van der Waals surface area contributed by atoms with Crippen LogP contribution >= 0.6 is 46.3 Å². The summed E-state index contributed by atoms with van der Waals surface area (Å²) >= 11 is 5.92. The first-order valence-corrected chi connectivity index (χ1v) is 11.8. The average Bonchev–Trinajstić information content (AvgIpc) is 3.26. The maximum atomic E-state index is 9.07. The number of methoxy groups -OCH3 is 1. The van der Waals surface area contributed by atoms with Gasteiger partial charge in [-0.1, -0.05) is 0 Å². The summed E-state index contributed by atoms with van der Waals surface area (Å²) < 4.78 is 10.6. The molecule has 0 spiro atoms. The third-order valence-electron chi connectivity index (χ3n) is 4.26. The molecular weight excluding hydrogens is 527 g/mol. The summed E-state index contributed by atoms with van der Waals surface area (Å²) in [5.74, 6) is 0.817. The van der Waals surface area contributed by atoms with Crippen LogP contribution in [0.4, 0.5) is 0 Å². The van der Waals surface area contributed by atoms with Gasteiger partial charge in [0.15, 0.2) is 0 Å². The average molecular weight is 539 g/mol. The second kappa shape index (κ2) is 7.13. The van der Waals surface area contributed by atoms with Crippen LogP contribution in [-0.2, 0) is 6.54 Å². The van der Waals surface area contributed by atoms with Gasteiger partial charge >= 0.3 is 0 Å². The molecule has 2 aromatic heterocycles. The molecule has 0 N–H and O–H groups in total. The summed E-state index contributed by atoms with van der Waals surface area (Å²) in [6, 6.07) is 11.8. The molecule has 0 saturated heterocycles. The minimum atomic E-state index is 0.583. The zero-order valence-corrected chi connectivity index (χ0v) is 18.2. The van der Waals surface area contributed by atoms with Crippen molar-refractivity contribution < 1.29 is 4.74 Å².